The minimum Gasteiger partial charge on any atom is -0.756 e. The Bertz CT molecular complexity index is 1300. The van der Waals surface area contributed by atoms with Crippen molar-refractivity contribution >= 4 is 13.7 Å². The van der Waals surface area contributed by atoms with E-state index in [1.54, 1.807) is 6.08 Å². The first-order valence-electron chi connectivity index (χ1n) is 27.3. The third-order valence-electron chi connectivity index (χ3n) is 11.9. The molecule has 2 N–H and O–H groups in total. The number of carbonyl (C=O) groups excluding carboxylic acids is 1. The molecule has 0 heterocycles. The van der Waals surface area contributed by atoms with Crippen LogP contribution < -0.4 is 10.2 Å². The van der Waals surface area contributed by atoms with Crippen LogP contribution >= 0.6 is 7.82 Å². The number of aliphatic hydroxyl groups is 1. The number of hydrogen-bond acceptors (Lipinski definition) is 6. The van der Waals surface area contributed by atoms with Crippen LogP contribution in [0.4, 0.5) is 0 Å². The summed E-state index contributed by atoms with van der Waals surface area (Å²) >= 11 is 0. The van der Waals surface area contributed by atoms with Crippen LogP contribution in [-0.2, 0) is 18.4 Å². The zero-order chi connectivity index (χ0) is 48.5. The molecule has 0 aromatic rings. The lowest BCUT2D eigenvalue weighted by molar-refractivity contribution is -0.870. The lowest BCUT2D eigenvalue weighted by Crippen LogP contribution is -2.45. The van der Waals surface area contributed by atoms with Crippen molar-refractivity contribution in [3.8, 4) is 0 Å². The third-order valence-corrected chi connectivity index (χ3v) is 12.9. The number of rotatable bonds is 49. The maximum absolute atomic E-state index is 12.9. The van der Waals surface area contributed by atoms with Gasteiger partial charge >= 0.3 is 0 Å². The summed E-state index contributed by atoms with van der Waals surface area (Å²) in [5, 5.41) is 13.9. The predicted molar refractivity (Wildman–Crippen MR) is 284 cm³/mol. The topological polar surface area (TPSA) is 108 Å². The van der Waals surface area contributed by atoms with Crippen molar-refractivity contribution < 1.29 is 32.9 Å². The normalized spacial score (nSPS) is 14.6. The Kier molecular flexibility index (Phi) is 46.5. The molecular weight excluding hydrogens is 840 g/mol. The largest absolute Gasteiger partial charge is 0.756 e. The van der Waals surface area contributed by atoms with Gasteiger partial charge in [0, 0.05) is 6.42 Å². The summed E-state index contributed by atoms with van der Waals surface area (Å²) < 4.78 is 23.3. The zero-order valence-corrected chi connectivity index (χ0v) is 44.5. The van der Waals surface area contributed by atoms with Crippen LogP contribution in [0.2, 0.25) is 0 Å². The van der Waals surface area contributed by atoms with Crippen molar-refractivity contribution in [3.05, 3.63) is 72.9 Å². The third kappa shape index (κ3) is 49.8. The number of allylic oxidation sites excluding steroid dienone is 11. The molecule has 0 aromatic carbocycles. The van der Waals surface area contributed by atoms with Gasteiger partial charge in [-0.3, -0.25) is 9.36 Å². The number of quaternary nitrogens is 1. The molecule has 3 unspecified atom stereocenters. The molecule has 0 aliphatic carbocycles. The molecule has 0 aromatic heterocycles. The lowest BCUT2D eigenvalue weighted by Gasteiger charge is -2.29. The molecule has 66 heavy (non-hydrogen) atoms. The molecule has 1 amide bonds. The van der Waals surface area contributed by atoms with E-state index in [0.717, 1.165) is 70.6 Å². The Morgan fingerprint density at radius 1 is 0.545 bits per heavy atom. The smallest absolute Gasteiger partial charge is 0.268 e. The summed E-state index contributed by atoms with van der Waals surface area (Å²) in [6.45, 7) is 4.54. The molecule has 0 aliphatic heterocycles. The lowest BCUT2D eigenvalue weighted by atomic mass is 10.0. The monoisotopic (exact) mass is 945 g/mol. The van der Waals surface area contributed by atoms with Gasteiger partial charge in [-0.05, 0) is 64.2 Å². The summed E-state index contributed by atoms with van der Waals surface area (Å²) in [5.41, 5.74) is 0. The van der Waals surface area contributed by atoms with E-state index in [0.29, 0.717) is 17.4 Å². The van der Waals surface area contributed by atoms with Crippen LogP contribution in [-0.4, -0.2) is 68.5 Å². The molecule has 8 nitrogen and oxygen atoms in total. The van der Waals surface area contributed by atoms with Crippen LogP contribution in [0, 0.1) is 0 Å². The first-order valence-corrected chi connectivity index (χ1v) is 28.8. The number of phosphoric ester groups is 1. The van der Waals surface area contributed by atoms with Crippen molar-refractivity contribution in [2.24, 2.45) is 0 Å². The molecule has 0 fully saturated rings. The van der Waals surface area contributed by atoms with Crippen LogP contribution in [0.1, 0.15) is 232 Å². The van der Waals surface area contributed by atoms with E-state index < -0.39 is 20.0 Å². The molecule has 3 atom stereocenters. The number of phosphoric acid groups is 1. The van der Waals surface area contributed by atoms with Gasteiger partial charge in [0.25, 0.3) is 7.82 Å². The summed E-state index contributed by atoms with van der Waals surface area (Å²) in [6.07, 6.45) is 65.3. The van der Waals surface area contributed by atoms with Gasteiger partial charge in [-0.2, -0.15) is 0 Å². The highest BCUT2D eigenvalue weighted by Gasteiger charge is 2.23. The van der Waals surface area contributed by atoms with Crippen molar-refractivity contribution in [1.29, 1.82) is 0 Å². The maximum atomic E-state index is 12.9. The average molecular weight is 945 g/mol. The Balaban J connectivity index is 4.24. The Labute approximate surface area is 408 Å². The predicted octanol–water partition coefficient (Wildman–Crippen LogP) is 15.7. The molecule has 384 valence electrons. The van der Waals surface area contributed by atoms with Crippen LogP contribution in [0.3, 0.4) is 0 Å². The zero-order valence-electron chi connectivity index (χ0n) is 43.6. The molecule has 9 heteroatoms. The van der Waals surface area contributed by atoms with Gasteiger partial charge in [-0.25, -0.2) is 0 Å². The SMILES string of the molecule is CC/C=C\C/C=C\C/C=C\C/C=C\C/C=C\CCCCCCCCCCCCCC(=O)NC(COP(=O)([O-])OCC[N+](C)(C)C)C(O)/C=C/CCCCCCCCCCCCCCCCC. The number of likely N-dealkylation sites (N-methyl/N-ethyl adjacent to an activating group) is 1. The van der Waals surface area contributed by atoms with E-state index in [-0.39, 0.29) is 19.1 Å². The Morgan fingerprint density at radius 3 is 1.35 bits per heavy atom. The molecule has 0 aliphatic rings. The summed E-state index contributed by atoms with van der Waals surface area (Å²) in [6, 6.07) is -0.892. The van der Waals surface area contributed by atoms with Gasteiger partial charge in [0.1, 0.15) is 13.2 Å². The van der Waals surface area contributed by atoms with Gasteiger partial charge in [0.2, 0.25) is 5.91 Å². The van der Waals surface area contributed by atoms with E-state index >= 15 is 0 Å². The summed E-state index contributed by atoms with van der Waals surface area (Å²) in [5.74, 6) is -0.202. The molecule has 0 spiro atoms. The highest BCUT2D eigenvalue weighted by Crippen LogP contribution is 2.38. The van der Waals surface area contributed by atoms with E-state index in [1.807, 2.05) is 27.2 Å². The first-order chi connectivity index (χ1) is 32.0. The second-order valence-corrected chi connectivity index (χ2v) is 21.0. The van der Waals surface area contributed by atoms with Crippen LogP contribution in [0.15, 0.2) is 72.9 Å². The number of nitrogens with one attached hydrogen (secondary N) is 1. The fourth-order valence-corrected chi connectivity index (χ4v) is 8.37. The number of aliphatic hydroxyl groups excluding tert-OH is 1. The molecular formula is C57H105N2O6P. The Morgan fingerprint density at radius 2 is 0.924 bits per heavy atom. The summed E-state index contributed by atoms with van der Waals surface area (Å²) in [4.78, 5) is 25.5. The van der Waals surface area contributed by atoms with E-state index in [4.69, 9.17) is 9.05 Å². The van der Waals surface area contributed by atoms with Crippen LogP contribution in [0.25, 0.3) is 0 Å². The second-order valence-electron chi connectivity index (χ2n) is 19.6. The van der Waals surface area contributed by atoms with Crippen molar-refractivity contribution in [2.75, 3.05) is 40.9 Å². The van der Waals surface area contributed by atoms with Gasteiger partial charge in [-0.1, -0.05) is 234 Å². The molecule has 0 bridgehead atoms. The standard InChI is InChI=1S/C57H105N2O6P/c1-6-8-10-12-14-16-18-20-22-24-25-26-27-28-29-30-31-32-33-35-37-39-41-43-45-47-49-51-57(61)58-55(54-65-66(62,63)64-53-52-59(3,4)5)56(60)50-48-46-44-42-40-38-36-34-23-21-19-17-15-13-11-9-7-2/h8,10,14,16,20,22,25-26,28-29,48,50,55-56,60H,6-7,9,11-13,15,17-19,21,23-24,27,30-47,49,51-54H2,1-5H3,(H-,58,61,62,63)/b10-8-,16-14-,22-20-,26-25-,29-28-,50-48+. The Hall–Kier alpha value is -2.06. The number of nitrogens with zero attached hydrogens (tertiary/aromatic N) is 1. The number of unbranched alkanes of at least 4 members (excludes halogenated alkanes) is 26. The minimum atomic E-state index is -4.60. The quantitative estimate of drug-likeness (QED) is 0.0272. The fourth-order valence-electron chi connectivity index (χ4n) is 7.65. The average Bonchev–Trinajstić information content (AvgIpc) is 3.28. The van der Waals surface area contributed by atoms with E-state index in [2.05, 4.69) is 79.9 Å². The first kappa shape index (κ1) is 63.9. The van der Waals surface area contributed by atoms with Gasteiger partial charge in [0.05, 0.1) is 39.9 Å². The van der Waals surface area contributed by atoms with E-state index in [1.165, 1.54) is 141 Å². The highest BCUT2D eigenvalue weighted by molar-refractivity contribution is 7.45. The van der Waals surface area contributed by atoms with Crippen molar-refractivity contribution in [3.63, 3.8) is 0 Å². The van der Waals surface area contributed by atoms with Gasteiger partial charge < -0.3 is 28.8 Å². The molecule has 0 saturated heterocycles. The number of carbonyl (C=O) groups is 1. The second kappa shape index (κ2) is 48.0. The van der Waals surface area contributed by atoms with Gasteiger partial charge in [0.15, 0.2) is 0 Å². The minimum absolute atomic E-state index is 0.00397. The van der Waals surface area contributed by atoms with E-state index in [9.17, 15) is 19.4 Å². The molecule has 0 saturated carbocycles. The van der Waals surface area contributed by atoms with Crippen molar-refractivity contribution in [2.45, 2.75) is 244 Å². The fraction of sp³-hybridized carbons (Fsp3) is 0.772. The van der Waals surface area contributed by atoms with Gasteiger partial charge in [-0.15, -0.1) is 0 Å². The van der Waals surface area contributed by atoms with Crippen molar-refractivity contribution in [1.82, 2.24) is 5.32 Å². The number of amides is 1. The maximum Gasteiger partial charge on any atom is 0.268 e. The highest BCUT2D eigenvalue weighted by atomic mass is 31.2. The number of hydrogen-bond donors (Lipinski definition) is 2. The molecule has 0 radical (unpaired) electrons. The summed E-state index contributed by atoms with van der Waals surface area (Å²) in [7, 11) is 1.25. The molecule has 0 rings (SSSR count). The van der Waals surface area contributed by atoms with Crippen LogP contribution in [0.5, 0.6) is 0 Å².